The van der Waals surface area contributed by atoms with Crippen LogP contribution in [0.5, 0.6) is 0 Å². The second kappa shape index (κ2) is 8.26. The Morgan fingerprint density at radius 2 is 1.48 bits per heavy atom. The first kappa shape index (κ1) is 20.7. The van der Waals surface area contributed by atoms with E-state index >= 15 is 0 Å². The van der Waals surface area contributed by atoms with Crippen molar-refractivity contribution in [3.8, 4) is 0 Å². The van der Waals surface area contributed by atoms with Gasteiger partial charge in [-0.25, -0.2) is 0 Å². The Bertz CT molecular complexity index is 1100. The maximum absolute atomic E-state index is 14.1. The lowest BCUT2D eigenvalue weighted by Gasteiger charge is -2.33. The van der Waals surface area contributed by atoms with Crippen molar-refractivity contribution in [3.05, 3.63) is 106 Å². The monoisotopic (exact) mass is 412 g/mol. The highest BCUT2D eigenvalue weighted by atomic mass is 16.5. The van der Waals surface area contributed by atoms with Gasteiger partial charge in [-0.05, 0) is 50.2 Å². The molecule has 0 radical (unpaired) electrons. The summed E-state index contributed by atoms with van der Waals surface area (Å²) in [6, 6.07) is 26.2. The first-order chi connectivity index (χ1) is 14.9. The molecule has 0 aliphatic carbocycles. The van der Waals surface area contributed by atoms with Gasteiger partial charge in [0, 0.05) is 25.3 Å². The predicted octanol–water partition coefficient (Wildman–Crippen LogP) is 4.52. The van der Waals surface area contributed by atoms with Gasteiger partial charge in [-0.1, -0.05) is 53.6 Å². The average molecular weight is 413 g/mol. The smallest absolute Gasteiger partial charge is 0.378 e. The number of hydrogen-bond acceptors (Lipinski definition) is 3. The van der Waals surface area contributed by atoms with Crippen molar-refractivity contribution >= 4 is 17.7 Å². The molecule has 3 aromatic carbocycles. The highest BCUT2D eigenvalue weighted by molar-refractivity contribution is 6.01. The third-order valence-corrected chi connectivity index (χ3v) is 5.57. The van der Waals surface area contributed by atoms with Crippen molar-refractivity contribution in [2.24, 2.45) is 4.99 Å². The Morgan fingerprint density at radius 1 is 0.903 bits per heavy atom. The molecule has 1 aliphatic rings. The van der Waals surface area contributed by atoms with Crippen molar-refractivity contribution in [2.75, 3.05) is 25.5 Å². The van der Waals surface area contributed by atoms with E-state index in [-0.39, 0.29) is 0 Å². The second-order valence-electron chi connectivity index (χ2n) is 8.24. The van der Waals surface area contributed by atoms with E-state index in [1.54, 1.807) is 6.34 Å². The number of anilines is 1. The summed E-state index contributed by atoms with van der Waals surface area (Å²) in [5.41, 5.74) is 5.72. The molecule has 1 atom stereocenters. The van der Waals surface area contributed by atoms with Crippen molar-refractivity contribution in [2.45, 2.75) is 19.6 Å². The Morgan fingerprint density at radius 3 is 2.06 bits per heavy atom. The van der Waals surface area contributed by atoms with Gasteiger partial charge in [-0.3, -0.25) is 4.90 Å². The van der Waals surface area contributed by atoms with Gasteiger partial charge in [0.15, 0.2) is 0 Å². The van der Waals surface area contributed by atoms with Gasteiger partial charge in [0.05, 0.1) is 11.9 Å². The van der Waals surface area contributed by atoms with Crippen LogP contribution in [-0.4, -0.2) is 42.3 Å². The summed E-state index contributed by atoms with van der Waals surface area (Å²) in [5.74, 6) is -1.24. The summed E-state index contributed by atoms with van der Waals surface area (Å²) in [6.07, 6.45) is 1.72. The number of rotatable bonds is 5. The highest BCUT2D eigenvalue weighted by Crippen LogP contribution is 2.39. The highest BCUT2D eigenvalue weighted by Gasteiger charge is 2.54. The Hall–Kier alpha value is -3.60. The Kier molecular flexibility index (Phi) is 5.51. The van der Waals surface area contributed by atoms with Crippen LogP contribution in [0.4, 0.5) is 5.69 Å². The van der Waals surface area contributed by atoms with Crippen LogP contribution in [0.1, 0.15) is 22.3 Å². The van der Waals surface area contributed by atoms with Gasteiger partial charge in [-0.15, -0.1) is 0 Å². The number of aliphatic imine (C=N–C) groups is 1. The molecule has 0 aromatic heterocycles. The van der Waals surface area contributed by atoms with E-state index in [2.05, 4.69) is 36.1 Å². The molecule has 4 rings (SSSR count). The van der Waals surface area contributed by atoms with Crippen LogP contribution in [0, 0.1) is 19.1 Å². The van der Waals surface area contributed by atoms with Crippen LogP contribution in [0.3, 0.4) is 0 Å². The fraction of sp³-hybridized carbons (Fsp3) is 0.231. The zero-order valence-corrected chi connectivity index (χ0v) is 18.5. The van der Waals surface area contributed by atoms with Gasteiger partial charge in [0.2, 0.25) is 5.71 Å². The molecule has 3 aromatic rings. The van der Waals surface area contributed by atoms with Crippen molar-refractivity contribution in [1.29, 1.82) is 0 Å². The minimum absolute atomic E-state index is 0.454. The van der Waals surface area contributed by atoms with Crippen LogP contribution in [0.15, 0.2) is 83.9 Å². The van der Waals surface area contributed by atoms with Gasteiger partial charge in [0.25, 0.3) is 0 Å². The largest absolute Gasteiger partial charge is 0.620 e. The van der Waals surface area contributed by atoms with E-state index in [1.165, 1.54) is 5.56 Å². The van der Waals surface area contributed by atoms with E-state index in [4.69, 9.17) is 4.99 Å². The molecule has 0 N–H and O–H groups in total. The maximum atomic E-state index is 14.1. The molecule has 1 heterocycles. The quantitative estimate of drug-likeness (QED) is 0.268. The standard InChI is InChI=1S/C26H28N4O/c1-20-10-14-22(15-11-20)25-18-29(24-16-12-21(2)13-17-24)26(30(25)31,27-19-28(3)4)23-8-6-5-7-9-23/h5-17,19H,18H2,1-4H3/b27-19+. The molecule has 158 valence electrons. The van der Waals surface area contributed by atoms with Gasteiger partial charge in [-0.2, -0.15) is 9.73 Å². The molecule has 5 heteroatoms. The van der Waals surface area contributed by atoms with E-state index in [0.29, 0.717) is 12.3 Å². The van der Waals surface area contributed by atoms with E-state index in [0.717, 1.165) is 27.1 Å². The number of hydrogen-bond donors (Lipinski definition) is 0. The lowest BCUT2D eigenvalue weighted by Crippen LogP contribution is -2.47. The molecule has 31 heavy (non-hydrogen) atoms. The lowest BCUT2D eigenvalue weighted by atomic mass is 10.1. The maximum Gasteiger partial charge on any atom is 0.378 e. The van der Waals surface area contributed by atoms with Crippen molar-refractivity contribution in [1.82, 2.24) is 4.90 Å². The molecule has 0 spiro atoms. The summed E-state index contributed by atoms with van der Waals surface area (Å²) in [7, 11) is 3.82. The minimum atomic E-state index is -1.24. The van der Waals surface area contributed by atoms with Crippen LogP contribution >= 0.6 is 0 Å². The van der Waals surface area contributed by atoms with Gasteiger partial charge < -0.3 is 10.1 Å². The third kappa shape index (κ3) is 3.79. The number of nitrogens with zero attached hydrogens (tertiary/aromatic N) is 4. The third-order valence-electron chi connectivity index (χ3n) is 5.57. The molecule has 1 aliphatic heterocycles. The average Bonchev–Trinajstić information content (AvgIpc) is 3.07. The van der Waals surface area contributed by atoms with Crippen LogP contribution in [-0.2, 0) is 5.79 Å². The molecule has 5 nitrogen and oxygen atoms in total. The lowest BCUT2D eigenvalue weighted by molar-refractivity contribution is -0.547. The summed E-state index contributed by atoms with van der Waals surface area (Å²) in [4.78, 5) is 8.84. The van der Waals surface area contributed by atoms with E-state index < -0.39 is 5.79 Å². The summed E-state index contributed by atoms with van der Waals surface area (Å²) in [6.45, 7) is 4.56. The van der Waals surface area contributed by atoms with Crippen molar-refractivity contribution in [3.63, 3.8) is 0 Å². The number of aryl methyl sites for hydroxylation is 2. The van der Waals surface area contributed by atoms with Crippen LogP contribution in [0.2, 0.25) is 0 Å². The molecule has 0 fully saturated rings. The molecule has 0 amide bonds. The molecule has 0 saturated heterocycles. The summed E-state index contributed by atoms with van der Waals surface area (Å²) >= 11 is 0. The Balaban J connectivity index is 1.97. The topological polar surface area (TPSA) is 44.9 Å². The molecule has 0 bridgehead atoms. The SMILES string of the molecule is Cc1ccc(C2=[N+]([O-])C(/N=C/N(C)C)(c3ccccc3)N(c3ccc(C)cc3)C2)cc1. The first-order valence-corrected chi connectivity index (χ1v) is 10.4. The van der Waals surface area contributed by atoms with E-state index in [1.807, 2.05) is 80.5 Å². The van der Waals surface area contributed by atoms with Gasteiger partial charge >= 0.3 is 5.79 Å². The Labute approximate surface area is 184 Å². The fourth-order valence-electron chi connectivity index (χ4n) is 3.90. The number of benzene rings is 3. The normalized spacial score (nSPS) is 18.8. The second-order valence-corrected chi connectivity index (χ2v) is 8.24. The zero-order valence-electron chi connectivity index (χ0n) is 18.5. The molecule has 1 unspecified atom stereocenters. The predicted molar refractivity (Wildman–Crippen MR) is 128 cm³/mol. The summed E-state index contributed by atoms with van der Waals surface area (Å²) < 4.78 is 1.08. The van der Waals surface area contributed by atoms with Crippen molar-refractivity contribution < 1.29 is 4.74 Å². The molecular weight excluding hydrogens is 384 g/mol. The van der Waals surface area contributed by atoms with Gasteiger partial charge in [0.1, 0.15) is 6.54 Å². The fourth-order valence-corrected chi connectivity index (χ4v) is 3.90. The number of hydroxylamine groups is 1. The van der Waals surface area contributed by atoms with Crippen LogP contribution in [0.25, 0.3) is 0 Å². The molecule has 0 saturated carbocycles. The van der Waals surface area contributed by atoms with Crippen LogP contribution < -0.4 is 4.90 Å². The van der Waals surface area contributed by atoms with E-state index in [9.17, 15) is 5.21 Å². The summed E-state index contributed by atoms with van der Waals surface area (Å²) in [5, 5.41) is 14.1. The molecular formula is C26H28N4O. The first-order valence-electron chi connectivity index (χ1n) is 10.4. The minimum Gasteiger partial charge on any atom is -0.620 e. The zero-order chi connectivity index (χ0) is 22.0.